The maximum atomic E-state index is 11.6. The molecule has 0 bridgehead atoms. The van der Waals surface area contributed by atoms with E-state index >= 15 is 0 Å². The number of ether oxygens (including phenoxy) is 2. The molecule has 1 fully saturated rings. The summed E-state index contributed by atoms with van der Waals surface area (Å²) in [5, 5.41) is 3.44. The second-order valence-electron chi connectivity index (χ2n) is 4.43. The zero-order valence-corrected chi connectivity index (χ0v) is 10.5. The predicted molar refractivity (Wildman–Crippen MR) is 62.3 cm³/mol. The van der Waals surface area contributed by atoms with Gasteiger partial charge in [-0.25, -0.2) is 0 Å². The van der Waals surface area contributed by atoms with Crippen LogP contribution in [-0.2, 0) is 14.3 Å². The van der Waals surface area contributed by atoms with Gasteiger partial charge in [0.2, 0.25) is 0 Å². The minimum Gasteiger partial charge on any atom is -0.466 e. The number of rotatable bonds is 5. The molecule has 0 aliphatic carbocycles. The lowest BCUT2D eigenvalue weighted by atomic mass is 9.84. The average Bonchev–Trinajstić information content (AvgIpc) is 2.17. The van der Waals surface area contributed by atoms with Crippen molar-refractivity contribution in [1.29, 1.82) is 0 Å². The Hall–Kier alpha value is -0.610. The molecule has 16 heavy (non-hydrogen) atoms. The summed E-state index contributed by atoms with van der Waals surface area (Å²) in [6.45, 7) is 7.99. The van der Waals surface area contributed by atoms with Crippen LogP contribution >= 0.6 is 0 Å². The van der Waals surface area contributed by atoms with Crippen LogP contribution in [0.4, 0.5) is 0 Å². The van der Waals surface area contributed by atoms with E-state index in [9.17, 15) is 4.79 Å². The highest BCUT2D eigenvalue weighted by Crippen LogP contribution is 2.28. The van der Waals surface area contributed by atoms with Crippen LogP contribution in [-0.4, -0.2) is 37.4 Å². The molecule has 4 heteroatoms. The van der Waals surface area contributed by atoms with Gasteiger partial charge in [0, 0.05) is 12.1 Å². The zero-order valence-electron chi connectivity index (χ0n) is 10.5. The SMILES string of the molecule is CCNC1(CC(=O)OCC)CCOC(C)C1. The fraction of sp³-hybridized carbons (Fsp3) is 0.917. The van der Waals surface area contributed by atoms with Gasteiger partial charge in [0.05, 0.1) is 19.1 Å². The minimum absolute atomic E-state index is 0.113. The minimum atomic E-state index is -0.126. The quantitative estimate of drug-likeness (QED) is 0.726. The molecule has 1 N–H and O–H groups in total. The molecular weight excluding hydrogens is 206 g/mol. The third-order valence-electron chi connectivity index (χ3n) is 3.00. The lowest BCUT2D eigenvalue weighted by Crippen LogP contribution is -2.52. The van der Waals surface area contributed by atoms with E-state index in [-0.39, 0.29) is 17.6 Å². The summed E-state index contributed by atoms with van der Waals surface area (Å²) in [6, 6.07) is 0. The molecule has 0 aromatic heterocycles. The van der Waals surface area contributed by atoms with Gasteiger partial charge in [0.1, 0.15) is 0 Å². The summed E-state index contributed by atoms with van der Waals surface area (Å²) in [4.78, 5) is 11.6. The van der Waals surface area contributed by atoms with Crippen molar-refractivity contribution in [3.8, 4) is 0 Å². The molecule has 2 atom stereocenters. The molecule has 94 valence electrons. The third kappa shape index (κ3) is 3.76. The van der Waals surface area contributed by atoms with E-state index < -0.39 is 0 Å². The van der Waals surface area contributed by atoms with Crippen LogP contribution in [0.3, 0.4) is 0 Å². The topological polar surface area (TPSA) is 47.6 Å². The molecule has 0 aromatic rings. The van der Waals surface area contributed by atoms with Crippen molar-refractivity contribution in [3.05, 3.63) is 0 Å². The van der Waals surface area contributed by atoms with Crippen molar-refractivity contribution >= 4 is 5.97 Å². The van der Waals surface area contributed by atoms with Gasteiger partial charge in [0.15, 0.2) is 0 Å². The fourth-order valence-corrected chi connectivity index (χ4v) is 2.41. The van der Waals surface area contributed by atoms with Crippen LogP contribution in [0.25, 0.3) is 0 Å². The monoisotopic (exact) mass is 229 g/mol. The first-order chi connectivity index (χ1) is 7.62. The van der Waals surface area contributed by atoms with E-state index in [1.54, 1.807) is 0 Å². The molecular formula is C12H23NO3. The molecule has 2 unspecified atom stereocenters. The second-order valence-corrected chi connectivity index (χ2v) is 4.43. The summed E-state index contributed by atoms with van der Waals surface area (Å²) >= 11 is 0. The molecule has 1 aliphatic rings. The molecule has 4 nitrogen and oxygen atoms in total. The van der Waals surface area contributed by atoms with Gasteiger partial charge < -0.3 is 14.8 Å². The van der Waals surface area contributed by atoms with Crippen LogP contribution in [0.1, 0.15) is 40.0 Å². The standard InChI is InChI=1S/C12H23NO3/c1-4-13-12(9-11(14)15-5-2)6-7-16-10(3)8-12/h10,13H,4-9H2,1-3H3. The first-order valence-electron chi connectivity index (χ1n) is 6.14. The average molecular weight is 229 g/mol. The Morgan fingerprint density at radius 2 is 2.31 bits per heavy atom. The summed E-state index contributed by atoms with van der Waals surface area (Å²) < 4.78 is 10.6. The van der Waals surface area contributed by atoms with Crippen molar-refractivity contribution in [2.24, 2.45) is 0 Å². The Labute approximate surface area is 97.7 Å². The zero-order chi connectivity index (χ0) is 12.0. The largest absolute Gasteiger partial charge is 0.466 e. The Morgan fingerprint density at radius 3 is 2.88 bits per heavy atom. The van der Waals surface area contributed by atoms with Crippen molar-refractivity contribution in [3.63, 3.8) is 0 Å². The Bertz CT molecular complexity index is 228. The smallest absolute Gasteiger partial charge is 0.307 e. The maximum absolute atomic E-state index is 11.6. The van der Waals surface area contributed by atoms with E-state index in [1.807, 2.05) is 6.92 Å². The lowest BCUT2D eigenvalue weighted by molar-refractivity contribution is -0.146. The molecule has 0 spiro atoms. The van der Waals surface area contributed by atoms with Crippen LogP contribution in [0, 0.1) is 0 Å². The van der Waals surface area contributed by atoms with E-state index in [4.69, 9.17) is 9.47 Å². The molecule has 1 saturated heterocycles. The Kier molecular flexibility index (Phi) is 5.22. The van der Waals surface area contributed by atoms with Gasteiger partial charge in [-0.1, -0.05) is 6.92 Å². The van der Waals surface area contributed by atoms with Crippen molar-refractivity contribution in [1.82, 2.24) is 5.32 Å². The van der Waals surface area contributed by atoms with Crippen LogP contribution in [0.5, 0.6) is 0 Å². The van der Waals surface area contributed by atoms with Gasteiger partial charge in [0.25, 0.3) is 0 Å². The fourth-order valence-electron chi connectivity index (χ4n) is 2.41. The molecule has 1 heterocycles. The number of hydrogen-bond donors (Lipinski definition) is 1. The maximum Gasteiger partial charge on any atom is 0.307 e. The molecule has 0 saturated carbocycles. The van der Waals surface area contributed by atoms with E-state index in [1.165, 1.54) is 0 Å². The van der Waals surface area contributed by atoms with Crippen molar-refractivity contribution in [2.75, 3.05) is 19.8 Å². The normalized spacial score (nSPS) is 30.1. The number of carbonyl (C=O) groups is 1. The predicted octanol–water partition coefficient (Wildman–Crippen LogP) is 1.49. The van der Waals surface area contributed by atoms with E-state index in [0.29, 0.717) is 19.6 Å². The van der Waals surface area contributed by atoms with Crippen LogP contribution in [0.15, 0.2) is 0 Å². The number of nitrogens with one attached hydrogen (secondary N) is 1. The van der Waals surface area contributed by atoms with Crippen LogP contribution in [0.2, 0.25) is 0 Å². The summed E-state index contributed by atoms with van der Waals surface area (Å²) in [7, 11) is 0. The Balaban J connectivity index is 2.60. The lowest BCUT2D eigenvalue weighted by Gasteiger charge is -2.40. The van der Waals surface area contributed by atoms with Gasteiger partial charge in [-0.2, -0.15) is 0 Å². The number of hydrogen-bond acceptors (Lipinski definition) is 4. The van der Waals surface area contributed by atoms with Gasteiger partial charge >= 0.3 is 5.97 Å². The summed E-state index contributed by atoms with van der Waals surface area (Å²) in [5.41, 5.74) is -0.126. The first kappa shape index (κ1) is 13.5. The van der Waals surface area contributed by atoms with Gasteiger partial charge in [-0.05, 0) is 33.2 Å². The highest BCUT2D eigenvalue weighted by Gasteiger charge is 2.37. The van der Waals surface area contributed by atoms with Crippen molar-refractivity contribution < 1.29 is 14.3 Å². The molecule has 0 amide bonds. The second kappa shape index (κ2) is 6.21. The first-order valence-corrected chi connectivity index (χ1v) is 6.14. The van der Waals surface area contributed by atoms with Gasteiger partial charge in [-0.3, -0.25) is 4.79 Å². The van der Waals surface area contributed by atoms with Crippen LogP contribution < -0.4 is 5.32 Å². The molecule has 1 aliphatic heterocycles. The summed E-state index contributed by atoms with van der Waals surface area (Å²) in [6.07, 6.45) is 2.41. The number of esters is 1. The van der Waals surface area contributed by atoms with E-state index in [2.05, 4.69) is 19.2 Å². The number of carbonyl (C=O) groups excluding carboxylic acids is 1. The van der Waals surface area contributed by atoms with E-state index in [0.717, 1.165) is 19.4 Å². The Morgan fingerprint density at radius 1 is 1.56 bits per heavy atom. The third-order valence-corrected chi connectivity index (χ3v) is 3.00. The van der Waals surface area contributed by atoms with Crippen molar-refractivity contribution in [2.45, 2.75) is 51.7 Å². The molecule has 0 radical (unpaired) electrons. The molecule has 0 aromatic carbocycles. The highest BCUT2D eigenvalue weighted by molar-refractivity contribution is 5.71. The summed E-state index contributed by atoms with van der Waals surface area (Å²) in [5.74, 6) is -0.113. The molecule has 1 rings (SSSR count). The van der Waals surface area contributed by atoms with Gasteiger partial charge in [-0.15, -0.1) is 0 Å². The highest BCUT2D eigenvalue weighted by atomic mass is 16.5.